The van der Waals surface area contributed by atoms with Gasteiger partial charge in [-0.25, -0.2) is 0 Å². The van der Waals surface area contributed by atoms with Crippen LogP contribution in [0.5, 0.6) is 0 Å². The summed E-state index contributed by atoms with van der Waals surface area (Å²) in [6.45, 7) is 5.50. The Morgan fingerprint density at radius 3 is 2.43 bits per heavy atom. The highest BCUT2D eigenvalue weighted by atomic mass is 16.6. The first-order chi connectivity index (χ1) is 13.4. The number of nitrogens with zero attached hydrogens (tertiary/aromatic N) is 4. The number of aromatic nitrogens is 2. The quantitative estimate of drug-likeness (QED) is 0.480. The molecule has 0 fully saturated rings. The summed E-state index contributed by atoms with van der Waals surface area (Å²) < 4.78 is 1.41. The third kappa shape index (κ3) is 4.09. The summed E-state index contributed by atoms with van der Waals surface area (Å²) in [7, 11) is 0. The second kappa shape index (κ2) is 8.04. The highest BCUT2D eigenvalue weighted by Gasteiger charge is 2.25. The minimum Gasteiger partial charge on any atom is -0.306 e. The van der Waals surface area contributed by atoms with Gasteiger partial charge in [-0.1, -0.05) is 42.5 Å². The molecule has 0 unspecified atom stereocenters. The largest absolute Gasteiger partial charge is 0.312 e. The molecule has 1 heterocycles. The summed E-state index contributed by atoms with van der Waals surface area (Å²) in [5.41, 5.74) is 3.46. The van der Waals surface area contributed by atoms with E-state index in [0.29, 0.717) is 17.9 Å². The Bertz CT molecular complexity index is 1010. The Balaban J connectivity index is 1.93. The molecule has 0 aliphatic carbocycles. The zero-order valence-electron chi connectivity index (χ0n) is 16.1. The molecule has 1 amide bonds. The highest BCUT2D eigenvalue weighted by Crippen LogP contribution is 2.23. The average Bonchev–Trinajstić information content (AvgIpc) is 2.93. The number of nitro groups is 1. The molecule has 0 saturated heterocycles. The lowest BCUT2D eigenvalue weighted by atomic mass is 10.1. The van der Waals surface area contributed by atoms with Gasteiger partial charge in [0.25, 0.3) is 0 Å². The van der Waals surface area contributed by atoms with Crippen molar-refractivity contribution in [1.82, 2.24) is 9.78 Å². The van der Waals surface area contributed by atoms with E-state index in [9.17, 15) is 14.9 Å². The van der Waals surface area contributed by atoms with Crippen molar-refractivity contribution in [3.8, 4) is 0 Å². The molecule has 7 nitrogen and oxygen atoms in total. The number of amides is 1. The summed E-state index contributed by atoms with van der Waals surface area (Å²) in [5, 5.41) is 15.4. The van der Waals surface area contributed by atoms with Crippen molar-refractivity contribution in [3.05, 3.63) is 87.2 Å². The van der Waals surface area contributed by atoms with Gasteiger partial charge in [0.1, 0.15) is 17.9 Å². The van der Waals surface area contributed by atoms with Gasteiger partial charge in [-0.15, -0.1) is 0 Å². The lowest BCUT2D eigenvalue weighted by Gasteiger charge is -2.24. The van der Waals surface area contributed by atoms with Crippen molar-refractivity contribution in [3.63, 3.8) is 0 Å². The lowest BCUT2D eigenvalue weighted by molar-refractivity contribution is -0.386. The van der Waals surface area contributed by atoms with E-state index in [2.05, 4.69) is 5.10 Å². The first kappa shape index (κ1) is 19.3. The summed E-state index contributed by atoms with van der Waals surface area (Å²) >= 11 is 0. The van der Waals surface area contributed by atoms with E-state index < -0.39 is 4.92 Å². The van der Waals surface area contributed by atoms with Crippen LogP contribution in [0.4, 0.5) is 11.4 Å². The summed E-state index contributed by atoms with van der Waals surface area (Å²) in [6.07, 6.45) is 0. The number of carbonyl (C=O) groups is 1. The zero-order valence-corrected chi connectivity index (χ0v) is 16.1. The van der Waals surface area contributed by atoms with Gasteiger partial charge >= 0.3 is 5.69 Å². The molecule has 3 rings (SSSR count). The Labute approximate surface area is 163 Å². The molecule has 0 aliphatic rings. The van der Waals surface area contributed by atoms with E-state index in [0.717, 1.165) is 16.8 Å². The Kier molecular flexibility index (Phi) is 5.54. The van der Waals surface area contributed by atoms with Gasteiger partial charge in [0.05, 0.1) is 11.5 Å². The van der Waals surface area contributed by atoms with Crippen LogP contribution in [-0.2, 0) is 17.9 Å². The first-order valence-electron chi connectivity index (χ1n) is 8.96. The van der Waals surface area contributed by atoms with Crippen LogP contribution in [0, 0.1) is 30.9 Å². The van der Waals surface area contributed by atoms with Gasteiger partial charge < -0.3 is 4.90 Å². The van der Waals surface area contributed by atoms with Crippen LogP contribution in [0.2, 0.25) is 0 Å². The van der Waals surface area contributed by atoms with Crippen molar-refractivity contribution < 1.29 is 9.72 Å². The monoisotopic (exact) mass is 378 g/mol. The minimum atomic E-state index is -0.457. The van der Waals surface area contributed by atoms with Crippen LogP contribution in [0.3, 0.4) is 0 Å². The fraction of sp³-hybridized carbons (Fsp3) is 0.238. The third-order valence-corrected chi connectivity index (χ3v) is 4.61. The topological polar surface area (TPSA) is 81.3 Å². The molecule has 0 radical (unpaired) electrons. The maximum atomic E-state index is 13.2. The fourth-order valence-corrected chi connectivity index (χ4v) is 3.20. The van der Waals surface area contributed by atoms with E-state index >= 15 is 0 Å². The van der Waals surface area contributed by atoms with Crippen LogP contribution in [0.1, 0.15) is 22.5 Å². The highest BCUT2D eigenvalue weighted by molar-refractivity contribution is 5.93. The molecule has 3 aromatic rings. The number of benzene rings is 2. The Morgan fingerprint density at radius 1 is 1.11 bits per heavy atom. The number of carbonyl (C=O) groups excluding carboxylic acids is 1. The molecule has 2 aromatic carbocycles. The predicted octanol–water partition coefficient (Wildman–Crippen LogP) is 3.95. The van der Waals surface area contributed by atoms with E-state index in [1.54, 1.807) is 18.7 Å². The molecule has 0 aliphatic heterocycles. The van der Waals surface area contributed by atoms with Crippen molar-refractivity contribution in [2.45, 2.75) is 33.9 Å². The smallest absolute Gasteiger partial charge is 0.306 e. The van der Waals surface area contributed by atoms with Gasteiger partial charge in [0.15, 0.2) is 0 Å². The van der Waals surface area contributed by atoms with Crippen LogP contribution in [0.15, 0.2) is 54.6 Å². The molecule has 7 heteroatoms. The van der Waals surface area contributed by atoms with Crippen LogP contribution < -0.4 is 4.90 Å². The van der Waals surface area contributed by atoms with Crippen LogP contribution >= 0.6 is 0 Å². The van der Waals surface area contributed by atoms with E-state index in [4.69, 9.17) is 0 Å². The Hall–Kier alpha value is -3.48. The summed E-state index contributed by atoms with van der Waals surface area (Å²) in [6, 6.07) is 17.4. The van der Waals surface area contributed by atoms with Crippen molar-refractivity contribution in [2.24, 2.45) is 0 Å². The standard InChI is InChI=1S/C21H22N4O3/c1-15-8-7-11-19(12-15)23(13-18-9-5-4-6-10-18)20(26)14-24-17(3)21(25(27)28)16(2)22-24/h4-12H,13-14H2,1-3H3. The number of rotatable bonds is 6. The molecule has 0 atom stereocenters. The maximum Gasteiger partial charge on any atom is 0.312 e. The second-order valence-corrected chi connectivity index (χ2v) is 6.74. The SMILES string of the molecule is Cc1cccc(N(Cc2ccccc2)C(=O)Cn2nc(C)c([N+](=O)[O-])c2C)c1. The number of hydrogen-bond acceptors (Lipinski definition) is 4. The first-order valence-corrected chi connectivity index (χ1v) is 8.96. The number of hydrogen-bond donors (Lipinski definition) is 0. The molecule has 0 bridgehead atoms. The minimum absolute atomic E-state index is 0.0436. The van der Waals surface area contributed by atoms with Crippen molar-refractivity contribution in [1.29, 1.82) is 0 Å². The summed E-state index contributed by atoms with van der Waals surface area (Å²) in [5.74, 6) is -0.185. The van der Waals surface area contributed by atoms with Gasteiger partial charge in [0, 0.05) is 5.69 Å². The van der Waals surface area contributed by atoms with Gasteiger partial charge in [0.2, 0.25) is 5.91 Å². The fourth-order valence-electron chi connectivity index (χ4n) is 3.20. The number of aryl methyl sites for hydroxylation is 2. The lowest BCUT2D eigenvalue weighted by Crippen LogP contribution is -2.34. The van der Waals surface area contributed by atoms with Crippen molar-refractivity contribution >= 4 is 17.3 Å². The van der Waals surface area contributed by atoms with E-state index in [-0.39, 0.29) is 18.1 Å². The second-order valence-electron chi connectivity index (χ2n) is 6.74. The van der Waals surface area contributed by atoms with Crippen molar-refractivity contribution in [2.75, 3.05) is 4.90 Å². The van der Waals surface area contributed by atoms with Gasteiger partial charge in [-0.2, -0.15) is 5.10 Å². The number of anilines is 1. The average molecular weight is 378 g/mol. The maximum absolute atomic E-state index is 13.2. The van der Waals surface area contributed by atoms with E-state index in [1.807, 2.05) is 61.5 Å². The molecule has 0 spiro atoms. The summed E-state index contributed by atoms with van der Waals surface area (Å²) in [4.78, 5) is 25.6. The van der Waals surface area contributed by atoms with Crippen LogP contribution in [-0.4, -0.2) is 20.6 Å². The zero-order chi connectivity index (χ0) is 20.3. The van der Waals surface area contributed by atoms with Crippen LogP contribution in [0.25, 0.3) is 0 Å². The predicted molar refractivity (Wildman–Crippen MR) is 107 cm³/mol. The van der Waals surface area contributed by atoms with Gasteiger partial charge in [-0.3, -0.25) is 19.6 Å². The normalized spacial score (nSPS) is 10.7. The molecular formula is C21H22N4O3. The Morgan fingerprint density at radius 2 is 1.82 bits per heavy atom. The molecule has 0 saturated carbocycles. The molecule has 1 aromatic heterocycles. The molecule has 144 valence electrons. The third-order valence-electron chi connectivity index (χ3n) is 4.61. The molecular weight excluding hydrogens is 356 g/mol. The molecule has 28 heavy (non-hydrogen) atoms. The van der Waals surface area contributed by atoms with E-state index in [1.165, 1.54) is 4.68 Å². The van der Waals surface area contributed by atoms with Gasteiger partial charge in [-0.05, 0) is 44.0 Å². The molecule has 0 N–H and O–H groups in total.